The molecule has 0 saturated carbocycles. The second-order valence-electron chi connectivity index (χ2n) is 1.39. The summed E-state index contributed by atoms with van der Waals surface area (Å²) in [7, 11) is 0. The topological polar surface area (TPSA) is 119 Å². The molecular weight excluding hydrogens is 154 g/mol. The molecule has 0 fully saturated rings. The van der Waals surface area contributed by atoms with E-state index in [9.17, 15) is 9.59 Å². The second-order valence-corrected chi connectivity index (χ2v) is 1.39. The lowest BCUT2D eigenvalue weighted by Crippen LogP contribution is -2.00. The molecule has 0 rings (SSSR count). The average molecular weight is 161 g/mol. The number of aliphatic hydroxyl groups is 1. The number of carboxylic acids is 2. The van der Waals surface area contributed by atoms with Gasteiger partial charge in [-0.3, -0.25) is 9.59 Å². The fourth-order valence-corrected chi connectivity index (χ4v) is 0.214. The molecule has 0 aromatic carbocycles. The normalized spacial score (nSPS) is 6.82. The lowest BCUT2D eigenvalue weighted by atomic mass is 10.3. The van der Waals surface area contributed by atoms with Crippen LogP contribution >= 0.6 is 0 Å². The Morgan fingerprint density at radius 2 is 1.36 bits per heavy atom. The van der Waals surface area contributed by atoms with Gasteiger partial charge in [-0.1, -0.05) is 0 Å². The van der Waals surface area contributed by atoms with Crippen molar-refractivity contribution in [2.24, 2.45) is 0 Å². The van der Waals surface area contributed by atoms with Gasteiger partial charge in [-0.05, 0) is 0 Å². The molecule has 6 heteroatoms. The molecule has 0 heterocycles. The zero-order chi connectivity index (χ0) is 9.28. The highest BCUT2D eigenvalue weighted by Crippen LogP contribution is 1.85. The van der Waals surface area contributed by atoms with Crippen LogP contribution in [0.1, 0.15) is 12.8 Å². The summed E-state index contributed by atoms with van der Waals surface area (Å²) in [4.78, 5) is 19.3. The van der Waals surface area contributed by atoms with E-state index in [1.807, 2.05) is 0 Å². The first-order valence-corrected chi connectivity index (χ1v) is 2.51. The van der Waals surface area contributed by atoms with Gasteiger partial charge in [-0.25, -0.2) is 0 Å². The van der Waals surface area contributed by atoms with Gasteiger partial charge in [-0.15, -0.1) is 0 Å². The third-order valence-corrected chi connectivity index (χ3v) is 0.553. The molecule has 0 spiro atoms. The van der Waals surface area contributed by atoms with Crippen molar-refractivity contribution in [3.05, 3.63) is 0 Å². The molecule has 0 bridgehead atoms. The van der Waals surface area contributed by atoms with Gasteiger partial charge in [0.1, 0.15) is 0 Å². The van der Waals surface area contributed by atoms with Gasteiger partial charge in [0.15, 0.2) is 0 Å². The van der Waals surface area contributed by atoms with Gasteiger partial charge in [0.2, 0.25) is 0 Å². The van der Waals surface area contributed by atoms with Gasteiger partial charge < -0.3 is 15.3 Å². The van der Waals surface area contributed by atoms with E-state index < -0.39 is 11.9 Å². The molecule has 0 aromatic rings. The van der Waals surface area contributed by atoms with Gasteiger partial charge in [-0.2, -0.15) is 5.26 Å². The molecule has 3 N–H and O–H groups in total. The van der Waals surface area contributed by atoms with Crippen molar-refractivity contribution in [1.82, 2.24) is 0 Å². The Morgan fingerprint density at radius 3 is 1.45 bits per heavy atom. The number of hydrogen-bond acceptors (Lipinski definition) is 4. The quantitative estimate of drug-likeness (QED) is 0.492. The first kappa shape index (κ1) is 12.0. The zero-order valence-electron chi connectivity index (χ0n) is 5.52. The molecule has 0 unspecified atom stereocenters. The first-order chi connectivity index (χ1) is 5.04. The summed E-state index contributed by atoms with van der Waals surface area (Å²) in [6.07, 6.45) is 0.157. The van der Waals surface area contributed by atoms with Crippen LogP contribution in [-0.4, -0.2) is 27.3 Å². The molecule has 0 aliphatic heterocycles. The minimum Gasteiger partial charge on any atom is -0.481 e. The number of carbonyl (C=O) groups is 2. The highest BCUT2D eigenvalue weighted by molar-refractivity contribution is 5.75. The third-order valence-electron chi connectivity index (χ3n) is 0.553. The maximum Gasteiger partial charge on any atom is 0.303 e. The van der Waals surface area contributed by atoms with Crippen LogP contribution in [0.15, 0.2) is 0 Å². The highest BCUT2D eigenvalue weighted by Gasteiger charge is 2.00. The van der Waals surface area contributed by atoms with Crippen LogP contribution in [0.4, 0.5) is 0 Å². The Kier molecular flexibility index (Phi) is 8.95. The Morgan fingerprint density at radius 1 is 1.18 bits per heavy atom. The number of nitriles is 1. The smallest absolute Gasteiger partial charge is 0.303 e. The van der Waals surface area contributed by atoms with E-state index >= 15 is 0 Å². The van der Waals surface area contributed by atoms with Crippen molar-refractivity contribution in [2.75, 3.05) is 0 Å². The molecule has 0 saturated heterocycles. The summed E-state index contributed by atoms with van der Waals surface area (Å²) in [5.74, 6) is -2.15. The van der Waals surface area contributed by atoms with Gasteiger partial charge in [0.25, 0.3) is 6.26 Å². The summed E-state index contributed by atoms with van der Waals surface area (Å²) < 4.78 is 0. The molecular formula is C5H7NO5. The van der Waals surface area contributed by atoms with Crippen molar-refractivity contribution in [1.29, 1.82) is 5.26 Å². The van der Waals surface area contributed by atoms with E-state index in [4.69, 9.17) is 20.6 Å². The second kappa shape index (κ2) is 8.23. The first-order valence-electron chi connectivity index (χ1n) is 2.51. The summed E-state index contributed by atoms with van der Waals surface area (Å²) >= 11 is 0. The predicted molar refractivity (Wildman–Crippen MR) is 32.1 cm³/mol. The van der Waals surface area contributed by atoms with E-state index in [0.29, 0.717) is 0 Å². The van der Waals surface area contributed by atoms with Gasteiger partial charge >= 0.3 is 11.9 Å². The van der Waals surface area contributed by atoms with Gasteiger partial charge in [0, 0.05) is 0 Å². The number of aliphatic carboxylic acids is 2. The number of hydrogen-bond donors (Lipinski definition) is 3. The van der Waals surface area contributed by atoms with Crippen LogP contribution in [-0.2, 0) is 9.59 Å². The lowest BCUT2D eigenvalue weighted by molar-refractivity contribution is -0.143. The molecule has 0 aliphatic carbocycles. The number of carboxylic acid groups (broad SMARTS) is 2. The monoisotopic (exact) mass is 161 g/mol. The fourth-order valence-electron chi connectivity index (χ4n) is 0.214. The van der Waals surface area contributed by atoms with Crippen LogP contribution in [0, 0.1) is 11.5 Å². The molecule has 62 valence electrons. The van der Waals surface area contributed by atoms with Crippen LogP contribution in [0.5, 0.6) is 0 Å². The maximum absolute atomic E-state index is 9.64. The van der Waals surface area contributed by atoms with E-state index in [-0.39, 0.29) is 12.8 Å². The Balaban J connectivity index is 0. The largest absolute Gasteiger partial charge is 0.481 e. The molecule has 0 radical (unpaired) electrons. The minimum absolute atomic E-state index is 0.296. The zero-order valence-corrected chi connectivity index (χ0v) is 5.52. The van der Waals surface area contributed by atoms with Gasteiger partial charge in [0.05, 0.1) is 12.8 Å². The van der Waals surface area contributed by atoms with E-state index in [1.165, 1.54) is 0 Å². The lowest BCUT2D eigenvalue weighted by Gasteiger charge is -1.85. The van der Waals surface area contributed by atoms with Crippen LogP contribution < -0.4 is 0 Å². The predicted octanol–water partition coefficient (Wildman–Crippen LogP) is -0.224. The molecule has 0 amide bonds. The number of nitrogens with zero attached hydrogens (tertiary/aromatic N) is 1. The summed E-state index contributed by atoms with van der Waals surface area (Å²) in [6.45, 7) is 0. The third kappa shape index (κ3) is 30.6. The Hall–Kier alpha value is -1.77. The molecule has 0 atom stereocenters. The number of aliphatic hydroxyl groups excluding tert-OH is 1. The van der Waals surface area contributed by atoms with Crippen molar-refractivity contribution < 1.29 is 24.9 Å². The number of rotatable bonds is 3. The highest BCUT2D eigenvalue weighted by atomic mass is 16.4. The van der Waals surface area contributed by atoms with E-state index in [1.54, 1.807) is 0 Å². The van der Waals surface area contributed by atoms with E-state index in [2.05, 4.69) is 0 Å². The van der Waals surface area contributed by atoms with Crippen molar-refractivity contribution in [2.45, 2.75) is 12.8 Å². The van der Waals surface area contributed by atoms with Crippen molar-refractivity contribution in [3.8, 4) is 6.26 Å². The maximum atomic E-state index is 9.64. The standard InChI is InChI=1S/C4H6O4.CHNO/c5-3(6)1-2-4(7)8;2-1-3/h1-2H2,(H,5,6)(H,7,8);3H. The van der Waals surface area contributed by atoms with Crippen molar-refractivity contribution >= 4 is 11.9 Å². The van der Waals surface area contributed by atoms with Crippen LogP contribution in [0.25, 0.3) is 0 Å². The summed E-state index contributed by atoms with van der Waals surface area (Å²) in [5.41, 5.74) is 0. The molecule has 11 heavy (non-hydrogen) atoms. The Labute approximate surface area is 62.3 Å². The Bertz CT molecular complexity index is 156. The summed E-state index contributed by atoms with van der Waals surface area (Å²) in [6, 6.07) is 0. The fraction of sp³-hybridized carbons (Fsp3) is 0.400. The van der Waals surface area contributed by atoms with Crippen LogP contribution in [0.2, 0.25) is 0 Å². The SMILES string of the molecule is N#CO.O=C(O)CCC(=O)O. The average Bonchev–Trinajstić information content (AvgIpc) is 1.85. The molecule has 6 nitrogen and oxygen atoms in total. The van der Waals surface area contributed by atoms with Crippen LogP contribution in [0.3, 0.4) is 0 Å². The minimum atomic E-state index is -1.08. The molecule has 0 aromatic heterocycles. The van der Waals surface area contributed by atoms with E-state index in [0.717, 1.165) is 6.26 Å². The summed E-state index contributed by atoms with van der Waals surface area (Å²) in [5, 5.41) is 29.5. The molecule has 0 aliphatic rings. The van der Waals surface area contributed by atoms with Crippen molar-refractivity contribution in [3.63, 3.8) is 0 Å².